The van der Waals surface area contributed by atoms with Gasteiger partial charge in [0, 0.05) is 18.2 Å². The van der Waals surface area contributed by atoms with Crippen molar-refractivity contribution in [2.24, 2.45) is 0 Å². The first-order valence-electron chi connectivity index (χ1n) is 3.59. The van der Waals surface area contributed by atoms with E-state index in [-0.39, 0.29) is 0 Å². The third-order valence-electron chi connectivity index (χ3n) is 1.56. The van der Waals surface area contributed by atoms with E-state index in [2.05, 4.69) is 0 Å². The van der Waals surface area contributed by atoms with Crippen molar-refractivity contribution >= 4 is 23.1 Å². The summed E-state index contributed by atoms with van der Waals surface area (Å²) < 4.78 is 1.97. The third-order valence-corrected chi connectivity index (χ3v) is 2.83. The number of para-hydroxylation sites is 1. The Hall–Kier alpha value is -0.860. The molecule has 12 heavy (non-hydrogen) atoms. The van der Waals surface area contributed by atoms with Gasteiger partial charge in [-0.1, -0.05) is 22.2 Å². The van der Waals surface area contributed by atoms with Gasteiger partial charge in [0.25, 0.3) is 5.15 Å². The van der Waals surface area contributed by atoms with Gasteiger partial charge >= 0.3 is 0 Å². The van der Waals surface area contributed by atoms with E-state index in [4.69, 9.17) is 11.6 Å². The first-order valence-corrected chi connectivity index (χ1v) is 4.80. The van der Waals surface area contributed by atoms with Crippen LogP contribution >= 0.6 is 23.1 Å². The highest BCUT2D eigenvalue weighted by molar-refractivity contribution is 6.99. The normalized spacial score (nSPS) is 10.1. The summed E-state index contributed by atoms with van der Waals surface area (Å²) in [6.45, 7) is 0. The SMILES string of the molecule is Clc1ccs[n+]1-c1ccccc1. The maximum absolute atomic E-state index is 5.95. The van der Waals surface area contributed by atoms with E-state index < -0.39 is 0 Å². The lowest BCUT2D eigenvalue weighted by Crippen LogP contribution is -2.25. The standard InChI is InChI=1S/C9H7ClNS/c10-9-6-7-12-11(9)8-4-2-1-3-5-8/h1-7H/q+1. The predicted octanol–water partition coefficient (Wildman–Crippen LogP) is 2.68. The molecule has 1 nitrogen and oxygen atoms in total. The van der Waals surface area contributed by atoms with Gasteiger partial charge in [-0.2, -0.15) is 0 Å². The highest BCUT2D eigenvalue weighted by Gasteiger charge is 2.12. The average molecular weight is 197 g/mol. The molecule has 1 aromatic carbocycles. The zero-order chi connectivity index (χ0) is 8.39. The lowest BCUT2D eigenvalue weighted by molar-refractivity contribution is -0.517. The van der Waals surface area contributed by atoms with Gasteiger partial charge in [-0.15, -0.1) is 0 Å². The van der Waals surface area contributed by atoms with Crippen LogP contribution in [0.4, 0.5) is 0 Å². The summed E-state index contributed by atoms with van der Waals surface area (Å²) >= 11 is 7.54. The number of nitrogens with zero attached hydrogens (tertiary/aromatic N) is 1. The van der Waals surface area contributed by atoms with Crippen molar-refractivity contribution in [3.8, 4) is 5.69 Å². The van der Waals surface area contributed by atoms with Crippen molar-refractivity contribution in [1.29, 1.82) is 0 Å². The minimum absolute atomic E-state index is 0.756. The second-order valence-corrected chi connectivity index (χ2v) is 3.60. The topological polar surface area (TPSA) is 3.88 Å². The van der Waals surface area contributed by atoms with Crippen LogP contribution in [0, 0.1) is 0 Å². The van der Waals surface area contributed by atoms with Crippen LogP contribution < -0.4 is 3.96 Å². The lowest BCUT2D eigenvalue weighted by Gasteiger charge is -1.88. The van der Waals surface area contributed by atoms with Gasteiger partial charge in [0.2, 0.25) is 5.69 Å². The van der Waals surface area contributed by atoms with Crippen LogP contribution in [0.3, 0.4) is 0 Å². The minimum Gasteiger partial charge on any atom is -0.0843 e. The Morgan fingerprint density at radius 1 is 1.08 bits per heavy atom. The molecule has 0 N–H and O–H groups in total. The van der Waals surface area contributed by atoms with Crippen LogP contribution in [0.15, 0.2) is 41.8 Å². The summed E-state index contributed by atoms with van der Waals surface area (Å²) in [5.74, 6) is 0. The molecule has 1 aromatic heterocycles. The van der Waals surface area contributed by atoms with E-state index in [1.807, 2.05) is 45.7 Å². The molecular formula is C9H7ClNS+. The van der Waals surface area contributed by atoms with Crippen molar-refractivity contribution in [2.45, 2.75) is 0 Å². The maximum atomic E-state index is 5.95. The quantitative estimate of drug-likeness (QED) is 0.618. The molecular weight excluding hydrogens is 190 g/mol. The van der Waals surface area contributed by atoms with Crippen LogP contribution in [0.5, 0.6) is 0 Å². The molecule has 0 saturated carbocycles. The Labute approximate surface area is 80.0 Å². The molecule has 0 amide bonds. The van der Waals surface area contributed by atoms with Crippen LogP contribution in [0.25, 0.3) is 5.69 Å². The molecule has 0 aliphatic heterocycles. The molecule has 0 aliphatic rings. The smallest absolute Gasteiger partial charge is 0.0843 e. The van der Waals surface area contributed by atoms with Crippen LogP contribution in [0.1, 0.15) is 0 Å². The molecule has 0 bridgehead atoms. The van der Waals surface area contributed by atoms with E-state index in [9.17, 15) is 0 Å². The average Bonchev–Trinajstić information content (AvgIpc) is 2.53. The fourth-order valence-electron chi connectivity index (χ4n) is 1.01. The lowest BCUT2D eigenvalue weighted by atomic mass is 10.3. The Morgan fingerprint density at radius 3 is 2.42 bits per heavy atom. The predicted molar refractivity (Wildman–Crippen MR) is 50.9 cm³/mol. The van der Waals surface area contributed by atoms with E-state index >= 15 is 0 Å². The number of halogens is 1. The molecule has 0 saturated heterocycles. The zero-order valence-corrected chi connectivity index (χ0v) is 7.85. The summed E-state index contributed by atoms with van der Waals surface area (Å²) in [5, 5.41) is 2.72. The molecule has 0 aliphatic carbocycles. The number of benzene rings is 1. The zero-order valence-electron chi connectivity index (χ0n) is 6.27. The molecule has 0 radical (unpaired) electrons. The van der Waals surface area contributed by atoms with Gasteiger partial charge in [0.05, 0.1) is 5.38 Å². The molecule has 0 fully saturated rings. The van der Waals surface area contributed by atoms with Crippen molar-refractivity contribution in [3.05, 3.63) is 46.9 Å². The fourth-order valence-corrected chi connectivity index (χ4v) is 2.08. The molecule has 0 spiro atoms. The molecule has 0 unspecified atom stereocenters. The Bertz CT molecular complexity index is 369. The fraction of sp³-hybridized carbons (Fsp3) is 0. The first kappa shape index (κ1) is 7.77. The van der Waals surface area contributed by atoms with Gasteiger partial charge in [0.15, 0.2) is 0 Å². The first-order chi connectivity index (χ1) is 5.88. The molecule has 3 heteroatoms. The molecule has 60 valence electrons. The van der Waals surface area contributed by atoms with Gasteiger partial charge in [-0.25, -0.2) is 0 Å². The highest BCUT2D eigenvalue weighted by Crippen LogP contribution is 2.09. The summed E-state index contributed by atoms with van der Waals surface area (Å²) in [5.41, 5.74) is 1.11. The number of hydrogen-bond acceptors (Lipinski definition) is 1. The summed E-state index contributed by atoms with van der Waals surface area (Å²) in [4.78, 5) is 0. The summed E-state index contributed by atoms with van der Waals surface area (Å²) in [6, 6.07) is 11.9. The minimum atomic E-state index is 0.756. The van der Waals surface area contributed by atoms with Gasteiger partial charge in [-0.05, 0) is 11.6 Å². The van der Waals surface area contributed by atoms with Crippen LogP contribution in [0.2, 0.25) is 5.15 Å². The summed E-state index contributed by atoms with van der Waals surface area (Å²) in [6.07, 6.45) is 0. The number of aromatic nitrogens is 1. The van der Waals surface area contributed by atoms with Gasteiger partial charge in [0.1, 0.15) is 11.5 Å². The molecule has 2 aromatic rings. The Kier molecular flexibility index (Phi) is 2.11. The van der Waals surface area contributed by atoms with Crippen LogP contribution in [-0.4, -0.2) is 0 Å². The van der Waals surface area contributed by atoms with Gasteiger partial charge in [-0.3, -0.25) is 0 Å². The number of rotatable bonds is 1. The van der Waals surface area contributed by atoms with Crippen molar-refractivity contribution in [1.82, 2.24) is 0 Å². The monoisotopic (exact) mass is 196 g/mol. The third kappa shape index (κ3) is 1.36. The summed E-state index contributed by atoms with van der Waals surface area (Å²) in [7, 11) is 0. The molecule has 1 heterocycles. The Morgan fingerprint density at radius 2 is 1.83 bits per heavy atom. The van der Waals surface area contributed by atoms with E-state index in [1.54, 1.807) is 11.5 Å². The largest absolute Gasteiger partial charge is 0.295 e. The highest BCUT2D eigenvalue weighted by atomic mass is 35.5. The molecule has 2 rings (SSSR count). The van der Waals surface area contributed by atoms with Crippen LogP contribution in [-0.2, 0) is 0 Å². The van der Waals surface area contributed by atoms with Crippen molar-refractivity contribution < 1.29 is 3.96 Å². The molecule has 0 atom stereocenters. The van der Waals surface area contributed by atoms with Crippen molar-refractivity contribution in [2.75, 3.05) is 0 Å². The van der Waals surface area contributed by atoms with E-state index in [0.717, 1.165) is 10.8 Å². The Balaban J connectivity index is 2.51. The maximum Gasteiger partial charge on any atom is 0.295 e. The van der Waals surface area contributed by atoms with E-state index in [0.29, 0.717) is 0 Å². The number of hydrogen-bond donors (Lipinski definition) is 0. The second-order valence-electron chi connectivity index (χ2n) is 2.36. The second kappa shape index (κ2) is 3.25. The van der Waals surface area contributed by atoms with Crippen molar-refractivity contribution in [3.63, 3.8) is 0 Å². The van der Waals surface area contributed by atoms with E-state index in [1.165, 1.54) is 0 Å². The van der Waals surface area contributed by atoms with Gasteiger partial charge < -0.3 is 0 Å².